The van der Waals surface area contributed by atoms with Gasteiger partial charge in [0.05, 0.1) is 17.0 Å². The number of nitrogens with zero attached hydrogens (tertiary/aromatic N) is 1. The predicted octanol–water partition coefficient (Wildman–Crippen LogP) is 1.86. The summed E-state index contributed by atoms with van der Waals surface area (Å²) >= 11 is 11.9. The van der Waals surface area contributed by atoms with Crippen molar-refractivity contribution in [2.24, 2.45) is 0 Å². The van der Waals surface area contributed by atoms with Gasteiger partial charge < -0.3 is 9.90 Å². The summed E-state index contributed by atoms with van der Waals surface area (Å²) in [6.07, 6.45) is 0.0376. The molecule has 0 bridgehead atoms. The van der Waals surface area contributed by atoms with E-state index in [4.69, 9.17) is 23.2 Å². The van der Waals surface area contributed by atoms with E-state index in [0.717, 1.165) is 15.4 Å². The normalized spacial score (nSPS) is 18.2. The minimum absolute atomic E-state index is 0.0182. The van der Waals surface area contributed by atoms with Gasteiger partial charge in [0.25, 0.3) is 0 Å². The molecule has 0 aromatic heterocycles. The van der Waals surface area contributed by atoms with Gasteiger partial charge in [-0.05, 0) is 35.7 Å². The average Bonchev–Trinajstić information content (AvgIpc) is 2.55. The summed E-state index contributed by atoms with van der Waals surface area (Å²) in [6, 6.07) is 9.84. The van der Waals surface area contributed by atoms with E-state index in [9.17, 15) is 18.3 Å². The zero-order valence-electron chi connectivity index (χ0n) is 12.3. The highest BCUT2D eigenvalue weighted by Crippen LogP contribution is 2.33. The molecule has 24 heavy (non-hydrogen) atoms. The fourth-order valence-corrected chi connectivity index (χ4v) is 5.05. The molecule has 0 amide bonds. The number of hydrogen-bond donors (Lipinski definition) is 0. The van der Waals surface area contributed by atoms with Crippen LogP contribution in [-0.2, 0) is 27.8 Å². The van der Waals surface area contributed by atoms with Crippen molar-refractivity contribution in [1.82, 2.24) is 4.31 Å². The molecule has 0 unspecified atom stereocenters. The molecular formula is C16H12Cl2NO4S-. The molecule has 1 atom stereocenters. The molecule has 0 spiro atoms. The van der Waals surface area contributed by atoms with Gasteiger partial charge in [-0.3, -0.25) is 0 Å². The molecule has 1 heterocycles. The Morgan fingerprint density at radius 2 is 1.79 bits per heavy atom. The van der Waals surface area contributed by atoms with Gasteiger partial charge in [0.2, 0.25) is 10.0 Å². The minimum atomic E-state index is -4.16. The molecule has 0 fully saturated rings. The SMILES string of the molecule is O=C([O-])[C@@H]1Cc2ccccc2CN1S(=O)(=O)c1cc(Cl)ccc1Cl. The van der Waals surface area contributed by atoms with E-state index in [1.54, 1.807) is 24.3 Å². The number of carboxylic acid groups (broad SMARTS) is 1. The summed E-state index contributed by atoms with van der Waals surface area (Å²) in [5.74, 6) is -1.45. The second kappa shape index (κ2) is 6.37. The van der Waals surface area contributed by atoms with Crippen LogP contribution in [0.5, 0.6) is 0 Å². The first-order valence-corrected chi connectivity index (χ1v) is 9.25. The van der Waals surface area contributed by atoms with Crippen LogP contribution >= 0.6 is 23.2 Å². The number of halogens is 2. The molecule has 2 aromatic rings. The van der Waals surface area contributed by atoms with Crippen molar-refractivity contribution >= 4 is 39.2 Å². The molecule has 1 aliphatic rings. The Morgan fingerprint density at radius 3 is 2.46 bits per heavy atom. The van der Waals surface area contributed by atoms with Gasteiger partial charge in [-0.2, -0.15) is 4.31 Å². The maximum atomic E-state index is 13.0. The second-order valence-corrected chi connectivity index (χ2v) is 8.14. The molecule has 8 heteroatoms. The van der Waals surface area contributed by atoms with Crippen LogP contribution < -0.4 is 5.11 Å². The van der Waals surface area contributed by atoms with E-state index in [1.807, 2.05) is 0 Å². The van der Waals surface area contributed by atoms with E-state index in [-0.39, 0.29) is 27.9 Å². The molecule has 0 aliphatic carbocycles. The number of hydrogen-bond acceptors (Lipinski definition) is 4. The third kappa shape index (κ3) is 3.02. The van der Waals surface area contributed by atoms with Gasteiger partial charge in [-0.15, -0.1) is 0 Å². The Hall–Kier alpha value is -1.60. The standard InChI is InChI=1S/C16H13Cl2NO4S/c17-12-5-6-13(18)15(8-12)24(22,23)19-9-11-4-2-1-3-10(11)7-14(19)16(20)21/h1-6,8,14H,7,9H2,(H,20,21)/p-1/t14-/m0/s1. The molecule has 2 aromatic carbocycles. The lowest BCUT2D eigenvalue weighted by Gasteiger charge is -2.36. The van der Waals surface area contributed by atoms with Gasteiger partial charge in [0.15, 0.2) is 0 Å². The van der Waals surface area contributed by atoms with Crippen molar-refractivity contribution in [3.8, 4) is 0 Å². The Morgan fingerprint density at radius 1 is 1.12 bits per heavy atom. The van der Waals surface area contributed by atoms with Crippen LogP contribution in [0.25, 0.3) is 0 Å². The maximum absolute atomic E-state index is 13.0. The monoisotopic (exact) mass is 384 g/mol. The summed E-state index contributed by atoms with van der Waals surface area (Å²) in [5, 5.41) is 11.7. The van der Waals surface area contributed by atoms with Crippen molar-refractivity contribution in [2.45, 2.75) is 23.9 Å². The number of fused-ring (bicyclic) bond motifs is 1. The van der Waals surface area contributed by atoms with E-state index in [0.29, 0.717) is 0 Å². The predicted molar refractivity (Wildman–Crippen MR) is 88.1 cm³/mol. The number of carbonyl (C=O) groups is 1. The van der Waals surface area contributed by atoms with E-state index >= 15 is 0 Å². The molecule has 3 rings (SSSR count). The largest absolute Gasteiger partial charge is 0.548 e. The van der Waals surface area contributed by atoms with E-state index < -0.39 is 22.0 Å². The van der Waals surface area contributed by atoms with Crippen molar-refractivity contribution in [3.05, 3.63) is 63.6 Å². The number of sulfonamides is 1. The van der Waals surface area contributed by atoms with Gasteiger partial charge in [0.1, 0.15) is 4.90 Å². The lowest BCUT2D eigenvalue weighted by molar-refractivity contribution is -0.310. The smallest absolute Gasteiger partial charge is 0.245 e. The van der Waals surface area contributed by atoms with Gasteiger partial charge in [0, 0.05) is 11.6 Å². The number of aliphatic carboxylic acids is 1. The van der Waals surface area contributed by atoms with Crippen LogP contribution in [0.4, 0.5) is 0 Å². The zero-order valence-corrected chi connectivity index (χ0v) is 14.6. The highest BCUT2D eigenvalue weighted by Gasteiger charge is 2.37. The molecule has 5 nitrogen and oxygen atoms in total. The first kappa shape index (κ1) is 17.2. The molecule has 0 saturated carbocycles. The molecule has 0 radical (unpaired) electrons. The van der Waals surface area contributed by atoms with Gasteiger partial charge in [-0.25, -0.2) is 8.42 Å². The van der Waals surface area contributed by atoms with Crippen molar-refractivity contribution in [3.63, 3.8) is 0 Å². The maximum Gasteiger partial charge on any atom is 0.245 e. The van der Waals surface area contributed by atoms with Crippen LogP contribution in [0.1, 0.15) is 11.1 Å². The Balaban J connectivity index is 2.11. The first-order valence-electron chi connectivity index (χ1n) is 7.05. The Bertz CT molecular complexity index is 914. The fourth-order valence-electron chi connectivity index (χ4n) is 2.75. The topological polar surface area (TPSA) is 77.5 Å². The number of benzene rings is 2. The number of carboxylic acids is 1. The van der Waals surface area contributed by atoms with Crippen molar-refractivity contribution in [2.75, 3.05) is 0 Å². The summed E-state index contributed by atoms with van der Waals surface area (Å²) in [7, 11) is -4.16. The molecule has 1 aliphatic heterocycles. The Kier molecular flexibility index (Phi) is 4.57. The van der Waals surface area contributed by atoms with Crippen LogP contribution in [0, 0.1) is 0 Å². The molecule has 126 valence electrons. The molecule has 0 saturated heterocycles. The zero-order chi connectivity index (χ0) is 17.5. The summed E-state index contributed by atoms with van der Waals surface area (Å²) in [4.78, 5) is 11.3. The lowest BCUT2D eigenvalue weighted by Crippen LogP contribution is -2.53. The van der Waals surface area contributed by atoms with Crippen LogP contribution in [0.3, 0.4) is 0 Å². The van der Waals surface area contributed by atoms with E-state index in [2.05, 4.69) is 0 Å². The van der Waals surface area contributed by atoms with Crippen LogP contribution in [0.15, 0.2) is 47.4 Å². The average molecular weight is 385 g/mol. The van der Waals surface area contributed by atoms with Gasteiger partial charge in [-0.1, -0.05) is 47.5 Å². The third-order valence-electron chi connectivity index (χ3n) is 3.96. The van der Waals surface area contributed by atoms with Gasteiger partial charge >= 0.3 is 0 Å². The fraction of sp³-hybridized carbons (Fsp3) is 0.188. The van der Waals surface area contributed by atoms with Crippen molar-refractivity contribution < 1.29 is 18.3 Å². The highest BCUT2D eigenvalue weighted by molar-refractivity contribution is 7.89. The van der Waals surface area contributed by atoms with Crippen molar-refractivity contribution in [1.29, 1.82) is 0 Å². The lowest BCUT2D eigenvalue weighted by atomic mass is 9.96. The summed E-state index contributed by atoms with van der Waals surface area (Å²) in [5.41, 5.74) is 1.53. The third-order valence-corrected chi connectivity index (χ3v) is 6.53. The number of rotatable bonds is 3. The Labute approximate surface area is 149 Å². The highest BCUT2D eigenvalue weighted by atomic mass is 35.5. The first-order chi connectivity index (χ1) is 11.3. The quantitative estimate of drug-likeness (QED) is 0.808. The summed E-state index contributed by atoms with van der Waals surface area (Å²) in [6.45, 7) is -0.0694. The van der Waals surface area contributed by atoms with Crippen LogP contribution in [-0.4, -0.2) is 24.7 Å². The molecule has 0 N–H and O–H groups in total. The number of carbonyl (C=O) groups excluding carboxylic acids is 1. The summed E-state index contributed by atoms with van der Waals surface area (Å²) < 4.78 is 26.9. The minimum Gasteiger partial charge on any atom is -0.548 e. The van der Waals surface area contributed by atoms with E-state index in [1.165, 1.54) is 18.2 Å². The molecular weight excluding hydrogens is 373 g/mol. The van der Waals surface area contributed by atoms with Crippen LogP contribution in [0.2, 0.25) is 10.0 Å². The second-order valence-electron chi connectivity index (χ2n) is 5.43.